The van der Waals surface area contributed by atoms with Crippen molar-refractivity contribution >= 4 is 27.8 Å². The van der Waals surface area contributed by atoms with E-state index >= 15 is 0 Å². The number of nitrogens with zero attached hydrogens (tertiary/aromatic N) is 2. The second-order valence-electron chi connectivity index (χ2n) is 5.45. The quantitative estimate of drug-likeness (QED) is 0.544. The summed E-state index contributed by atoms with van der Waals surface area (Å²) in [6.07, 6.45) is 0. The summed E-state index contributed by atoms with van der Waals surface area (Å²) in [5.41, 5.74) is 3.07. The summed E-state index contributed by atoms with van der Waals surface area (Å²) in [4.78, 5) is 20.2. The van der Waals surface area contributed by atoms with Crippen LogP contribution in [0.25, 0.3) is 21.9 Å². The molecule has 4 rings (SSSR count). The first kappa shape index (κ1) is 13.5. The standard InChI is InChI=1S/C17H15N5O/c1-10(16-19-13-8-4-5-9-14(13)20-16)18-17(23)15-11-6-2-3-7-12(11)21-22-15/h2-10H,1H3,(H,18,23)(H,19,20)(H,21,22)/t10-/m0/s1. The zero-order chi connectivity index (χ0) is 15.8. The lowest BCUT2D eigenvalue weighted by atomic mass is 10.2. The predicted molar refractivity (Wildman–Crippen MR) is 88.1 cm³/mol. The topological polar surface area (TPSA) is 86.5 Å². The first-order valence-corrected chi connectivity index (χ1v) is 7.41. The van der Waals surface area contributed by atoms with Gasteiger partial charge in [-0.15, -0.1) is 0 Å². The molecule has 6 heteroatoms. The zero-order valence-electron chi connectivity index (χ0n) is 12.5. The van der Waals surface area contributed by atoms with Gasteiger partial charge in [-0.3, -0.25) is 9.89 Å². The third-order valence-electron chi connectivity index (χ3n) is 3.85. The summed E-state index contributed by atoms with van der Waals surface area (Å²) in [7, 11) is 0. The van der Waals surface area contributed by atoms with E-state index in [1.165, 1.54) is 0 Å². The van der Waals surface area contributed by atoms with Crippen LogP contribution in [-0.2, 0) is 0 Å². The highest BCUT2D eigenvalue weighted by Gasteiger charge is 2.18. The Labute approximate surface area is 131 Å². The van der Waals surface area contributed by atoms with Crippen molar-refractivity contribution in [1.82, 2.24) is 25.5 Å². The number of para-hydroxylation sites is 3. The number of hydrogen-bond donors (Lipinski definition) is 3. The highest BCUT2D eigenvalue weighted by molar-refractivity contribution is 6.04. The highest BCUT2D eigenvalue weighted by Crippen LogP contribution is 2.18. The number of rotatable bonds is 3. The van der Waals surface area contributed by atoms with Crippen molar-refractivity contribution in [2.75, 3.05) is 0 Å². The molecule has 4 aromatic rings. The van der Waals surface area contributed by atoms with E-state index in [0.717, 1.165) is 27.8 Å². The number of aromatic amines is 2. The fourth-order valence-corrected chi connectivity index (χ4v) is 2.65. The number of carbonyl (C=O) groups is 1. The first-order chi connectivity index (χ1) is 11.2. The van der Waals surface area contributed by atoms with Crippen LogP contribution in [0.1, 0.15) is 29.3 Å². The monoisotopic (exact) mass is 305 g/mol. The van der Waals surface area contributed by atoms with Gasteiger partial charge in [0.05, 0.1) is 22.6 Å². The molecule has 114 valence electrons. The van der Waals surface area contributed by atoms with E-state index in [1.54, 1.807) is 0 Å². The Morgan fingerprint density at radius 1 is 1.09 bits per heavy atom. The van der Waals surface area contributed by atoms with Crippen molar-refractivity contribution in [2.24, 2.45) is 0 Å². The normalized spacial score (nSPS) is 12.6. The largest absolute Gasteiger partial charge is 0.341 e. The number of benzene rings is 2. The summed E-state index contributed by atoms with van der Waals surface area (Å²) in [6.45, 7) is 1.89. The molecule has 0 aliphatic carbocycles. The molecule has 0 saturated carbocycles. The van der Waals surface area contributed by atoms with Crippen LogP contribution < -0.4 is 5.32 Å². The van der Waals surface area contributed by atoms with Gasteiger partial charge in [0.25, 0.3) is 5.91 Å². The van der Waals surface area contributed by atoms with E-state index in [-0.39, 0.29) is 11.9 Å². The van der Waals surface area contributed by atoms with Crippen LogP contribution in [0.15, 0.2) is 48.5 Å². The average Bonchev–Trinajstić information content (AvgIpc) is 3.18. The minimum absolute atomic E-state index is 0.226. The van der Waals surface area contributed by atoms with Crippen LogP contribution in [0.2, 0.25) is 0 Å². The summed E-state index contributed by atoms with van der Waals surface area (Å²) in [6, 6.07) is 15.1. The lowest BCUT2D eigenvalue weighted by molar-refractivity contribution is 0.0935. The smallest absolute Gasteiger partial charge is 0.273 e. The maximum Gasteiger partial charge on any atom is 0.273 e. The van der Waals surface area contributed by atoms with E-state index in [1.807, 2.05) is 55.5 Å². The molecule has 1 amide bonds. The molecule has 1 atom stereocenters. The molecule has 0 saturated heterocycles. The summed E-state index contributed by atoms with van der Waals surface area (Å²) >= 11 is 0. The third-order valence-corrected chi connectivity index (χ3v) is 3.85. The molecule has 23 heavy (non-hydrogen) atoms. The molecule has 3 N–H and O–H groups in total. The lowest BCUT2D eigenvalue weighted by Crippen LogP contribution is -2.27. The van der Waals surface area contributed by atoms with Gasteiger partial charge in [0.2, 0.25) is 0 Å². The van der Waals surface area contributed by atoms with Crippen LogP contribution in [0.4, 0.5) is 0 Å². The molecule has 0 bridgehead atoms. The Morgan fingerprint density at radius 2 is 1.83 bits per heavy atom. The Balaban J connectivity index is 1.60. The van der Waals surface area contributed by atoms with Gasteiger partial charge in [-0.05, 0) is 25.1 Å². The Morgan fingerprint density at radius 3 is 2.65 bits per heavy atom. The van der Waals surface area contributed by atoms with Crippen LogP contribution in [0, 0.1) is 0 Å². The molecular weight excluding hydrogens is 290 g/mol. The molecule has 2 aromatic heterocycles. The number of amides is 1. The number of hydrogen-bond acceptors (Lipinski definition) is 3. The molecule has 0 aliphatic rings. The van der Waals surface area contributed by atoms with E-state index in [9.17, 15) is 4.79 Å². The van der Waals surface area contributed by atoms with E-state index in [4.69, 9.17) is 0 Å². The summed E-state index contributed by atoms with van der Waals surface area (Å²) < 4.78 is 0. The minimum atomic E-state index is -0.245. The predicted octanol–water partition coefficient (Wildman–Crippen LogP) is 2.93. The molecule has 6 nitrogen and oxygen atoms in total. The maximum atomic E-state index is 12.5. The van der Waals surface area contributed by atoms with Crippen LogP contribution in [0.3, 0.4) is 0 Å². The number of H-pyrrole nitrogens is 2. The van der Waals surface area contributed by atoms with E-state index in [0.29, 0.717) is 5.69 Å². The second-order valence-corrected chi connectivity index (χ2v) is 5.45. The number of fused-ring (bicyclic) bond motifs is 2. The van der Waals surface area contributed by atoms with Crippen molar-refractivity contribution in [3.05, 3.63) is 60.0 Å². The summed E-state index contributed by atoms with van der Waals surface area (Å²) in [5.74, 6) is 0.495. The molecule has 0 fully saturated rings. The van der Waals surface area contributed by atoms with Gasteiger partial charge in [0, 0.05) is 5.39 Å². The number of aromatic nitrogens is 4. The van der Waals surface area contributed by atoms with Gasteiger partial charge in [0.1, 0.15) is 5.82 Å². The Bertz CT molecular complexity index is 967. The SMILES string of the molecule is C[C@H](NC(=O)c1n[nH]c2ccccc12)c1nc2ccccc2[nH]1. The zero-order valence-corrected chi connectivity index (χ0v) is 12.5. The Kier molecular flexibility index (Phi) is 3.08. The number of carbonyl (C=O) groups excluding carboxylic acids is 1. The van der Waals surface area contributed by atoms with E-state index < -0.39 is 0 Å². The third kappa shape index (κ3) is 2.34. The van der Waals surface area contributed by atoms with Gasteiger partial charge in [-0.2, -0.15) is 5.10 Å². The van der Waals surface area contributed by atoms with Crippen molar-refractivity contribution in [2.45, 2.75) is 13.0 Å². The molecule has 0 spiro atoms. The number of nitrogens with one attached hydrogen (secondary N) is 3. The molecule has 0 unspecified atom stereocenters. The fourth-order valence-electron chi connectivity index (χ4n) is 2.65. The van der Waals surface area contributed by atoms with Crippen LogP contribution in [-0.4, -0.2) is 26.1 Å². The minimum Gasteiger partial charge on any atom is -0.341 e. The summed E-state index contributed by atoms with van der Waals surface area (Å²) in [5, 5.41) is 10.7. The van der Waals surface area contributed by atoms with E-state index in [2.05, 4.69) is 25.5 Å². The molecular formula is C17H15N5O. The first-order valence-electron chi connectivity index (χ1n) is 7.41. The van der Waals surface area contributed by atoms with Gasteiger partial charge in [-0.25, -0.2) is 4.98 Å². The van der Waals surface area contributed by atoms with Crippen molar-refractivity contribution in [3.63, 3.8) is 0 Å². The fraction of sp³-hybridized carbons (Fsp3) is 0.118. The van der Waals surface area contributed by atoms with Crippen LogP contribution >= 0.6 is 0 Å². The van der Waals surface area contributed by atoms with Crippen LogP contribution in [0.5, 0.6) is 0 Å². The highest BCUT2D eigenvalue weighted by atomic mass is 16.2. The van der Waals surface area contributed by atoms with Crippen molar-refractivity contribution in [3.8, 4) is 0 Å². The van der Waals surface area contributed by atoms with Gasteiger partial charge in [0.15, 0.2) is 5.69 Å². The molecule has 0 aliphatic heterocycles. The average molecular weight is 305 g/mol. The van der Waals surface area contributed by atoms with Gasteiger partial charge >= 0.3 is 0 Å². The second kappa shape index (κ2) is 5.24. The maximum absolute atomic E-state index is 12.5. The van der Waals surface area contributed by atoms with Gasteiger partial charge in [-0.1, -0.05) is 30.3 Å². The van der Waals surface area contributed by atoms with Crippen molar-refractivity contribution in [1.29, 1.82) is 0 Å². The van der Waals surface area contributed by atoms with Crippen molar-refractivity contribution < 1.29 is 4.79 Å². The lowest BCUT2D eigenvalue weighted by Gasteiger charge is -2.10. The molecule has 0 radical (unpaired) electrons. The van der Waals surface area contributed by atoms with Gasteiger partial charge < -0.3 is 10.3 Å². The molecule has 2 aromatic carbocycles. The molecule has 2 heterocycles. The Hall–Kier alpha value is -3.15. The number of imidazole rings is 1.